The van der Waals surface area contributed by atoms with Crippen LogP contribution in [0.15, 0.2) is 0 Å². The van der Waals surface area contributed by atoms with E-state index < -0.39 is 0 Å². The quantitative estimate of drug-likeness (QED) is 0.646. The lowest BCUT2D eigenvalue weighted by molar-refractivity contribution is 0.353. The van der Waals surface area contributed by atoms with Crippen LogP contribution in [0.2, 0.25) is 0 Å². The molecule has 1 aromatic heterocycles. The number of fused-ring (bicyclic) bond motifs is 2. The van der Waals surface area contributed by atoms with Crippen LogP contribution in [-0.4, -0.2) is 9.97 Å². The third-order valence-electron chi connectivity index (χ3n) is 4.15. The Balaban J connectivity index is 2.03. The summed E-state index contributed by atoms with van der Waals surface area (Å²) in [6, 6.07) is 0. The maximum absolute atomic E-state index is 4.62. The molecule has 0 bridgehead atoms. The Morgan fingerprint density at radius 2 is 1.73 bits per heavy atom. The summed E-state index contributed by atoms with van der Waals surface area (Å²) in [5, 5.41) is 0. The standard InChI is InChI=1S/C13H18N2/c1-8-12-6-10-4-3-5-11(10)7-13(12)15-9(2)14-8/h10-11H,3-7H2,1-2H3. The lowest BCUT2D eigenvalue weighted by Crippen LogP contribution is -2.23. The molecule has 2 heteroatoms. The summed E-state index contributed by atoms with van der Waals surface area (Å²) in [4.78, 5) is 9.11. The van der Waals surface area contributed by atoms with Gasteiger partial charge in [-0.3, -0.25) is 0 Å². The zero-order valence-electron chi connectivity index (χ0n) is 9.58. The van der Waals surface area contributed by atoms with E-state index in [9.17, 15) is 0 Å². The first kappa shape index (κ1) is 9.32. The molecule has 0 aliphatic heterocycles. The summed E-state index contributed by atoms with van der Waals surface area (Å²) in [5.41, 5.74) is 4.04. The van der Waals surface area contributed by atoms with Crippen LogP contribution in [0.3, 0.4) is 0 Å². The average Bonchev–Trinajstić information content (AvgIpc) is 2.61. The minimum atomic E-state index is 0.922. The largest absolute Gasteiger partial charge is 0.238 e. The highest BCUT2D eigenvalue weighted by molar-refractivity contribution is 5.29. The van der Waals surface area contributed by atoms with Crippen molar-refractivity contribution < 1.29 is 0 Å². The van der Waals surface area contributed by atoms with Gasteiger partial charge in [-0.25, -0.2) is 9.97 Å². The molecule has 1 fully saturated rings. The van der Waals surface area contributed by atoms with Crippen LogP contribution in [-0.2, 0) is 12.8 Å². The normalized spacial score (nSPS) is 28.7. The maximum Gasteiger partial charge on any atom is 0.125 e. The SMILES string of the molecule is Cc1nc(C)c2c(n1)CC1CCCC1C2. The number of hydrogen-bond donors (Lipinski definition) is 0. The molecule has 2 atom stereocenters. The molecular formula is C13H18N2. The number of nitrogens with zero attached hydrogens (tertiary/aromatic N) is 2. The van der Waals surface area contributed by atoms with E-state index >= 15 is 0 Å². The molecule has 80 valence electrons. The number of aryl methyl sites for hydroxylation is 2. The van der Waals surface area contributed by atoms with Crippen molar-refractivity contribution in [2.24, 2.45) is 11.8 Å². The highest BCUT2D eigenvalue weighted by Gasteiger charge is 2.33. The molecule has 3 rings (SSSR count). The van der Waals surface area contributed by atoms with Crippen LogP contribution in [0.4, 0.5) is 0 Å². The van der Waals surface area contributed by atoms with Crippen LogP contribution >= 0.6 is 0 Å². The van der Waals surface area contributed by atoms with Gasteiger partial charge in [0.1, 0.15) is 5.82 Å². The van der Waals surface area contributed by atoms with Gasteiger partial charge < -0.3 is 0 Å². The molecule has 0 aromatic carbocycles. The maximum atomic E-state index is 4.62. The average molecular weight is 202 g/mol. The van der Waals surface area contributed by atoms with E-state index in [0.717, 1.165) is 17.7 Å². The molecule has 0 radical (unpaired) electrons. The van der Waals surface area contributed by atoms with E-state index in [1.165, 1.54) is 49.1 Å². The van der Waals surface area contributed by atoms with Crippen LogP contribution in [0.5, 0.6) is 0 Å². The van der Waals surface area contributed by atoms with Crippen molar-refractivity contribution in [2.75, 3.05) is 0 Å². The summed E-state index contributed by atoms with van der Waals surface area (Å²) in [5.74, 6) is 2.80. The highest BCUT2D eigenvalue weighted by atomic mass is 14.9. The second-order valence-electron chi connectivity index (χ2n) is 5.14. The molecule has 2 nitrogen and oxygen atoms in total. The fourth-order valence-electron chi connectivity index (χ4n) is 3.40. The lowest BCUT2D eigenvalue weighted by atomic mass is 9.79. The molecule has 0 N–H and O–H groups in total. The fourth-order valence-corrected chi connectivity index (χ4v) is 3.40. The van der Waals surface area contributed by atoms with E-state index in [-0.39, 0.29) is 0 Å². The van der Waals surface area contributed by atoms with E-state index in [1.807, 2.05) is 6.92 Å². The fraction of sp³-hybridized carbons (Fsp3) is 0.692. The van der Waals surface area contributed by atoms with Crippen molar-refractivity contribution >= 4 is 0 Å². The van der Waals surface area contributed by atoms with Crippen LogP contribution in [0, 0.1) is 25.7 Å². The van der Waals surface area contributed by atoms with Gasteiger partial charge in [-0.1, -0.05) is 6.42 Å². The van der Waals surface area contributed by atoms with Crippen molar-refractivity contribution in [1.82, 2.24) is 9.97 Å². The predicted molar refractivity (Wildman–Crippen MR) is 59.7 cm³/mol. The predicted octanol–water partition coefficient (Wildman–Crippen LogP) is 2.61. The smallest absolute Gasteiger partial charge is 0.125 e. The molecule has 0 spiro atoms. The van der Waals surface area contributed by atoms with E-state index in [2.05, 4.69) is 16.9 Å². The number of rotatable bonds is 0. The van der Waals surface area contributed by atoms with Crippen LogP contribution in [0.25, 0.3) is 0 Å². The summed E-state index contributed by atoms with van der Waals surface area (Å²) in [6.07, 6.45) is 6.73. The first-order valence-electron chi connectivity index (χ1n) is 6.07. The number of aromatic nitrogens is 2. The van der Waals surface area contributed by atoms with E-state index in [0.29, 0.717) is 0 Å². The van der Waals surface area contributed by atoms with Gasteiger partial charge >= 0.3 is 0 Å². The summed E-state index contributed by atoms with van der Waals surface area (Å²) in [6.45, 7) is 4.15. The zero-order chi connectivity index (χ0) is 10.4. The Bertz CT molecular complexity index is 398. The van der Waals surface area contributed by atoms with Crippen LogP contribution in [0.1, 0.15) is 42.0 Å². The van der Waals surface area contributed by atoms with Gasteiger partial charge in [0.25, 0.3) is 0 Å². The Hall–Kier alpha value is -0.920. The van der Waals surface area contributed by atoms with Gasteiger partial charge in [0, 0.05) is 11.4 Å². The Morgan fingerprint density at radius 1 is 1.00 bits per heavy atom. The second-order valence-corrected chi connectivity index (χ2v) is 5.14. The Morgan fingerprint density at radius 3 is 2.53 bits per heavy atom. The molecule has 1 aromatic rings. The minimum absolute atomic E-state index is 0.922. The van der Waals surface area contributed by atoms with Crippen molar-refractivity contribution in [3.63, 3.8) is 0 Å². The van der Waals surface area contributed by atoms with Crippen molar-refractivity contribution in [3.8, 4) is 0 Å². The molecule has 0 amide bonds. The Kier molecular flexibility index (Phi) is 2.04. The van der Waals surface area contributed by atoms with Crippen LogP contribution < -0.4 is 0 Å². The third-order valence-corrected chi connectivity index (χ3v) is 4.15. The van der Waals surface area contributed by atoms with Crippen molar-refractivity contribution in [1.29, 1.82) is 0 Å². The molecule has 15 heavy (non-hydrogen) atoms. The van der Waals surface area contributed by atoms with Gasteiger partial charge in [-0.05, 0) is 56.9 Å². The topological polar surface area (TPSA) is 25.8 Å². The molecule has 2 unspecified atom stereocenters. The van der Waals surface area contributed by atoms with Crippen molar-refractivity contribution in [2.45, 2.75) is 46.0 Å². The molecule has 2 aliphatic carbocycles. The summed E-state index contributed by atoms with van der Waals surface area (Å²) >= 11 is 0. The van der Waals surface area contributed by atoms with Crippen molar-refractivity contribution in [3.05, 3.63) is 22.8 Å². The summed E-state index contributed by atoms with van der Waals surface area (Å²) < 4.78 is 0. The van der Waals surface area contributed by atoms with Gasteiger partial charge in [0.15, 0.2) is 0 Å². The molecule has 0 saturated heterocycles. The first-order chi connectivity index (χ1) is 7.24. The molecule has 1 heterocycles. The van der Waals surface area contributed by atoms with Gasteiger partial charge in [-0.15, -0.1) is 0 Å². The number of hydrogen-bond acceptors (Lipinski definition) is 2. The monoisotopic (exact) mass is 202 g/mol. The first-order valence-corrected chi connectivity index (χ1v) is 6.07. The van der Waals surface area contributed by atoms with E-state index in [4.69, 9.17) is 0 Å². The lowest BCUT2D eigenvalue weighted by Gasteiger charge is -2.27. The highest BCUT2D eigenvalue weighted by Crippen LogP contribution is 2.41. The molecule has 1 saturated carbocycles. The molecular weight excluding hydrogens is 184 g/mol. The minimum Gasteiger partial charge on any atom is -0.238 e. The van der Waals surface area contributed by atoms with Gasteiger partial charge in [-0.2, -0.15) is 0 Å². The molecule has 2 aliphatic rings. The third kappa shape index (κ3) is 1.47. The van der Waals surface area contributed by atoms with E-state index in [1.54, 1.807) is 0 Å². The summed E-state index contributed by atoms with van der Waals surface area (Å²) in [7, 11) is 0. The zero-order valence-corrected chi connectivity index (χ0v) is 9.58. The van der Waals surface area contributed by atoms with Gasteiger partial charge in [0.05, 0.1) is 0 Å². The van der Waals surface area contributed by atoms with Gasteiger partial charge in [0.2, 0.25) is 0 Å². The second kappa shape index (κ2) is 3.29. The Labute approximate surface area is 91.1 Å².